The lowest BCUT2D eigenvalue weighted by atomic mass is 10.0. The monoisotopic (exact) mass is 411 g/mol. The van der Waals surface area contributed by atoms with Gasteiger partial charge < -0.3 is 4.74 Å². The maximum Gasteiger partial charge on any atom is 0.159 e. The van der Waals surface area contributed by atoms with Gasteiger partial charge in [-0.05, 0) is 47.3 Å². The van der Waals surface area contributed by atoms with Gasteiger partial charge in [-0.2, -0.15) is 0 Å². The van der Waals surface area contributed by atoms with E-state index in [0.717, 1.165) is 51.3 Å². The molecule has 1 fully saturated rings. The summed E-state index contributed by atoms with van der Waals surface area (Å²) in [6.07, 6.45) is 5.31. The summed E-state index contributed by atoms with van der Waals surface area (Å²) in [5.74, 6) is 1.31. The standard InChI is InChI=1S/C16H15Br2NO2/c17-12-9-13(18)16(15-11(12)4-2-7-19-15)21-8-6-10-3-1-5-14(10)20/h2,4,7,9-10H,1,3,5-6,8H2. The van der Waals surface area contributed by atoms with Gasteiger partial charge in [-0.1, -0.05) is 22.0 Å². The van der Waals surface area contributed by atoms with E-state index in [2.05, 4.69) is 36.8 Å². The zero-order chi connectivity index (χ0) is 14.8. The van der Waals surface area contributed by atoms with E-state index < -0.39 is 0 Å². The molecule has 1 saturated carbocycles. The summed E-state index contributed by atoms with van der Waals surface area (Å²) >= 11 is 7.07. The van der Waals surface area contributed by atoms with E-state index in [4.69, 9.17) is 4.74 Å². The van der Waals surface area contributed by atoms with Crippen LogP contribution >= 0.6 is 31.9 Å². The fourth-order valence-corrected chi connectivity index (χ4v) is 4.17. The molecule has 2 aromatic rings. The Bertz CT molecular complexity index is 687. The number of nitrogens with zero attached hydrogens (tertiary/aromatic N) is 1. The molecule has 3 rings (SSSR count). The van der Waals surface area contributed by atoms with Crippen LogP contribution in [0, 0.1) is 5.92 Å². The molecule has 110 valence electrons. The van der Waals surface area contributed by atoms with Crippen molar-refractivity contribution in [3.63, 3.8) is 0 Å². The number of rotatable bonds is 4. The van der Waals surface area contributed by atoms with Gasteiger partial charge in [-0.3, -0.25) is 9.78 Å². The molecule has 1 unspecified atom stereocenters. The molecular weight excluding hydrogens is 398 g/mol. The summed E-state index contributed by atoms with van der Waals surface area (Å²) in [6, 6.07) is 5.88. The second-order valence-corrected chi connectivity index (χ2v) is 6.97. The predicted molar refractivity (Wildman–Crippen MR) is 89.6 cm³/mol. The van der Waals surface area contributed by atoms with Crippen LogP contribution < -0.4 is 4.74 Å². The van der Waals surface area contributed by atoms with E-state index in [1.54, 1.807) is 6.20 Å². The molecule has 1 aromatic carbocycles. The van der Waals surface area contributed by atoms with Crippen molar-refractivity contribution in [2.24, 2.45) is 5.92 Å². The molecule has 1 heterocycles. The second-order valence-electron chi connectivity index (χ2n) is 5.26. The van der Waals surface area contributed by atoms with Crippen LogP contribution in [0.3, 0.4) is 0 Å². The van der Waals surface area contributed by atoms with Gasteiger partial charge in [0.1, 0.15) is 11.3 Å². The Kier molecular flexibility index (Phi) is 4.60. The van der Waals surface area contributed by atoms with Crippen LogP contribution in [0.4, 0.5) is 0 Å². The van der Waals surface area contributed by atoms with Crippen molar-refractivity contribution in [2.75, 3.05) is 6.61 Å². The fraction of sp³-hybridized carbons (Fsp3) is 0.375. The highest BCUT2D eigenvalue weighted by atomic mass is 79.9. The Hall–Kier alpha value is -0.940. The third-order valence-electron chi connectivity index (χ3n) is 3.89. The molecule has 1 aliphatic rings. The number of carbonyl (C=O) groups is 1. The zero-order valence-corrected chi connectivity index (χ0v) is 14.6. The molecule has 0 N–H and O–H groups in total. The van der Waals surface area contributed by atoms with Crippen LogP contribution in [0.2, 0.25) is 0 Å². The van der Waals surface area contributed by atoms with Crippen LogP contribution in [0.5, 0.6) is 5.75 Å². The highest BCUT2D eigenvalue weighted by Crippen LogP contribution is 2.37. The number of pyridine rings is 1. The van der Waals surface area contributed by atoms with Crippen molar-refractivity contribution in [1.82, 2.24) is 4.98 Å². The van der Waals surface area contributed by atoms with Gasteiger partial charge in [-0.15, -0.1) is 0 Å². The van der Waals surface area contributed by atoms with E-state index in [1.165, 1.54) is 0 Å². The lowest BCUT2D eigenvalue weighted by Crippen LogP contribution is -2.11. The quantitative estimate of drug-likeness (QED) is 0.716. The smallest absolute Gasteiger partial charge is 0.159 e. The number of carbonyl (C=O) groups excluding carboxylic acids is 1. The summed E-state index contributed by atoms with van der Waals surface area (Å²) in [5.41, 5.74) is 0.830. The van der Waals surface area contributed by atoms with Crippen LogP contribution in [0.25, 0.3) is 10.9 Å². The minimum absolute atomic E-state index is 0.179. The first-order valence-electron chi connectivity index (χ1n) is 7.05. The van der Waals surface area contributed by atoms with Crippen molar-refractivity contribution in [1.29, 1.82) is 0 Å². The van der Waals surface area contributed by atoms with Crippen molar-refractivity contribution in [2.45, 2.75) is 25.7 Å². The number of hydrogen-bond acceptors (Lipinski definition) is 3. The lowest BCUT2D eigenvalue weighted by molar-refractivity contribution is -0.120. The van der Waals surface area contributed by atoms with E-state index in [1.807, 2.05) is 18.2 Å². The third kappa shape index (κ3) is 3.14. The number of hydrogen-bond donors (Lipinski definition) is 0. The lowest BCUT2D eigenvalue weighted by Gasteiger charge is -2.13. The average Bonchev–Trinajstić information content (AvgIpc) is 2.88. The molecule has 5 heteroatoms. The fourth-order valence-electron chi connectivity index (χ4n) is 2.78. The Balaban J connectivity index is 1.79. The largest absolute Gasteiger partial charge is 0.490 e. The molecule has 1 aromatic heterocycles. The van der Waals surface area contributed by atoms with Gasteiger partial charge in [0.2, 0.25) is 0 Å². The van der Waals surface area contributed by atoms with Crippen molar-refractivity contribution >= 4 is 48.5 Å². The minimum Gasteiger partial charge on any atom is -0.490 e. The van der Waals surface area contributed by atoms with Gasteiger partial charge in [0.15, 0.2) is 5.75 Å². The predicted octanol–water partition coefficient (Wildman–Crippen LogP) is 4.90. The molecule has 0 spiro atoms. The van der Waals surface area contributed by atoms with Gasteiger partial charge in [-0.25, -0.2) is 0 Å². The second kappa shape index (κ2) is 6.44. The highest BCUT2D eigenvalue weighted by molar-refractivity contribution is 9.11. The SMILES string of the molecule is O=C1CCCC1CCOc1c(Br)cc(Br)c2cccnc12. The third-order valence-corrected chi connectivity index (χ3v) is 5.14. The Labute approximate surface area is 140 Å². The van der Waals surface area contributed by atoms with Crippen LogP contribution in [-0.4, -0.2) is 17.4 Å². The molecule has 0 radical (unpaired) electrons. The number of ketones is 1. The average molecular weight is 413 g/mol. The van der Waals surface area contributed by atoms with Gasteiger partial charge in [0, 0.05) is 28.4 Å². The first-order valence-corrected chi connectivity index (χ1v) is 8.63. The Morgan fingerprint density at radius 1 is 1.33 bits per heavy atom. The maximum atomic E-state index is 11.7. The van der Waals surface area contributed by atoms with Crippen LogP contribution in [-0.2, 0) is 4.79 Å². The van der Waals surface area contributed by atoms with Crippen LogP contribution in [0.1, 0.15) is 25.7 Å². The summed E-state index contributed by atoms with van der Waals surface area (Å²) < 4.78 is 7.79. The Morgan fingerprint density at radius 3 is 2.95 bits per heavy atom. The topological polar surface area (TPSA) is 39.2 Å². The molecule has 0 saturated heterocycles. The normalized spacial score (nSPS) is 18.4. The molecule has 1 aliphatic carbocycles. The van der Waals surface area contributed by atoms with Crippen molar-refractivity contribution in [3.8, 4) is 5.75 Å². The van der Waals surface area contributed by atoms with E-state index in [9.17, 15) is 4.79 Å². The summed E-state index contributed by atoms with van der Waals surface area (Å²) in [5, 5.41) is 1.02. The highest BCUT2D eigenvalue weighted by Gasteiger charge is 2.24. The summed E-state index contributed by atoms with van der Waals surface area (Å²) in [4.78, 5) is 16.1. The van der Waals surface area contributed by atoms with E-state index in [-0.39, 0.29) is 5.92 Å². The molecule has 21 heavy (non-hydrogen) atoms. The number of aromatic nitrogens is 1. The van der Waals surface area contributed by atoms with E-state index >= 15 is 0 Å². The number of Topliss-reactive ketones (excluding diaryl/α,β-unsaturated/α-hetero) is 1. The summed E-state index contributed by atoms with van der Waals surface area (Å²) in [7, 11) is 0. The summed E-state index contributed by atoms with van der Waals surface area (Å²) in [6.45, 7) is 0.544. The zero-order valence-electron chi connectivity index (χ0n) is 11.4. The molecular formula is C16H15Br2NO2. The number of benzene rings is 1. The molecule has 0 bridgehead atoms. The van der Waals surface area contributed by atoms with E-state index in [0.29, 0.717) is 12.4 Å². The maximum absolute atomic E-state index is 11.7. The van der Waals surface area contributed by atoms with Crippen LogP contribution in [0.15, 0.2) is 33.3 Å². The minimum atomic E-state index is 0.179. The molecule has 0 amide bonds. The van der Waals surface area contributed by atoms with Crippen molar-refractivity contribution < 1.29 is 9.53 Å². The number of ether oxygens (including phenoxy) is 1. The molecule has 3 nitrogen and oxygen atoms in total. The van der Waals surface area contributed by atoms with Gasteiger partial charge in [0.25, 0.3) is 0 Å². The number of fused-ring (bicyclic) bond motifs is 1. The first-order chi connectivity index (χ1) is 10.2. The van der Waals surface area contributed by atoms with Gasteiger partial charge >= 0.3 is 0 Å². The van der Waals surface area contributed by atoms with Gasteiger partial charge in [0.05, 0.1) is 11.1 Å². The molecule has 1 atom stereocenters. The Morgan fingerprint density at radius 2 is 2.19 bits per heavy atom. The number of halogens is 2. The van der Waals surface area contributed by atoms with Crippen molar-refractivity contribution in [3.05, 3.63) is 33.3 Å². The first kappa shape index (κ1) is 15.0. The molecule has 0 aliphatic heterocycles.